The number of aromatic nitrogens is 1. The van der Waals surface area contributed by atoms with Crippen LogP contribution in [0.2, 0.25) is 0 Å². The highest BCUT2D eigenvalue weighted by atomic mass is 16.2. The number of carbonyl (C=O) groups is 2. The van der Waals surface area contributed by atoms with Gasteiger partial charge in [0.05, 0.1) is 0 Å². The summed E-state index contributed by atoms with van der Waals surface area (Å²) in [6.45, 7) is 6.30. The molecule has 0 aliphatic rings. The Kier molecular flexibility index (Phi) is 7.03. The molecule has 1 N–H and O–H groups in total. The maximum Gasteiger partial charge on any atom is 0.254 e. The molecule has 0 aliphatic heterocycles. The van der Waals surface area contributed by atoms with Crippen LogP contribution < -0.4 is 10.9 Å². The van der Waals surface area contributed by atoms with Gasteiger partial charge in [-0.2, -0.15) is 0 Å². The lowest BCUT2D eigenvalue weighted by Crippen LogP contribution is -2.36. The van der Waals surface area contributed by atoms with Crippen molar-refractivity contribution < 1.29 is 9.59 Å². The first-order valence-electron chi connectivity index (χ1n) is 10.3. The van der Waals surface area contributed by atoms with Crippen LogP contribution in [0.5, 0.6) is 0 Å². The van der Waals surface area contributed by atoms with Crippen molar-refractivity contribution in [2.24, 2.45) is 0 Å². The Labute approximate surface area is 182 Å². The maximum atomic E-state index is 13.0. The Hall–Kier alpha value is -3.67. The Morgan fingerprint density at radius 3 is 2.29 bits per heavy atom. The molecule has 0 aliphatic carbocycles. The standard InChI is InChI=1S/C25H27N3O3/c1-18(2)28(16-20-7-5-4-6-8-20)25(31)21-10-12-22(13-11-21)26-23(29)17-27-15-19(3)9-14-24(27)30/h4-15,18H,16-17H2,1-3H3,(H,26,29). The largest absolute Gasteiger partial charge is 0.332 e. The second kappa shape index (κ2) is 9.89. The summed E-state index contributed by atoms with van der Waals surface area (Å²) in [6, 6.07) is 19.9. The lowest BCUT2D eigenvalue weighted by Gasteiger charge is -2.27. The third-order valence-corrected chi connectivity index (χ3v) is 4.94. The number of nitrogens with zero attached hydrogens (tertiary/aromatic N) is 2. The van der Waals surface area contributed by atoms with Crippen LogP contribution in [0, 0.1) is 6.92 Å². The Balaban J connectivity index is 1.66. The van der Waals surface area contributed by atoms with Gasteiger partial charge in [0.2, 0.25) is 5.91 Å². The third kappa shape index (κ3) is 5.92. The molecule has 0 radical (unpaired) electrons. The summed E-state index contributed by atoms with van der Waals surface area (Å²) in [7, 11) is 0. The van der Waals surface area contributed by atoms with Gasteiger partial charge in [0.1, 0.15) is 6.54 Å². The number of carbonyl (C=O) groups excluding carboxylic acids is 2. The molecule has 3 aromatic rings. The highest BCUT2D eigenvalue weighted by Crippen LogP contribution is 2.16. The molecular weight excluding hydrogens is 390 g/mol. The molecule has 1 aromatic heterocycles. The number of aryl methyl sites for hydroxylation is 1. The number of pyridine rings is 1. The van der Waals surface area contributed by atoms with Gasteiger partial charge in [-0.05, 0) is 56.2 Å². The predicted octanol–water partition coefficient (Wildman–Crippen LogP) is 3.85. The molecule has 31 heavy (non-hydrogen) atoms. The lowest BCUT2D eigenvalue weighted by atomic mass is 10.1. The summed E-state index contributed by atoms with van der Waals surface area (Å²) in [5.41, 5.74) is 2.87. The van der Waals surface area contributed by atoms with Crippen LogP contribution in [0.1, 0.15) is 35.3 Å². The predicted molar refractivity (Wildman–Crippen MR) is 122 cm³/mol. The van der Waals surface area contributed by atoms with E-state index in [9.17, 15) is 14.4 Å². The number of amides is 2. The van der Waals surface area contributed by atoms with Gasteiger partial charge in [0.25, 0.3) is 11.5 Å². The quantitative estimate of drug-likeness (QED) is 0.635. The third-order valence-electron chi connectivity index (χ3n) is 4.94. The van der Waals surface area contributed by atoms with Gasteiger partial charge in [-0.15, -0.1) is 0 Å². The zero-order chi connectivity index (χ0) is 22.4. The number of nitrogens with one attached hydrogen (secondary N) is 1. The summed E-state index contributed by atoms with van der Waals surface area (Å²) in [5, 5.41) is 2.77. The van der Waals surface area contributed by atoms with Crippen LogP contribution in [0.3, 0.4) is 0 Å². The minimum absolute atomic E-state index is 0.0414. The second-order valence-corrected chi connectivity index (χ2v) is 7.81. The lowest BCUT2D eigenvalue weighted by molar-refractivity contribution is -0.116. The van der Waals surface area contributed by atoms with Gasteiger partial charge in [-0.25, -0.2) is 0 Å². The topological polar surface area (TPSA) is 71.4 Å². The summed E-state index contributed by atoms with van der Waals surface area (Å²) < 4.78 is 1.37. The average Bonchev–Trinajstić information content (AvgIpc) is 2.75. The molecule has 6 nitrogen and oxygen atoms in total. The Morgan fingerprint density at radius 2 is 1.65 bits per heavy atom. The summed E-state index contributed by atoms with van der Waals surface area (Å²) in [5.74, 6) is -0.372. The SMILES string of the molecule is Cc1ccc(=O)n(CC(=O)Nc2ccc(C(=O)N(Cc3ccccc3)C(C)C)cc2)c1. The zero-order valence-corrected chi connectivity index (χ0v) is 18.0. The van der Waals surface area contributed by atoms with Crippen LogP contribution in [-0.2, 0) is 17.9 Å². The fraction of sp³-hybridized carbons (Fsp3) is 0.240. The van der Waals surface area contributed by atoms with E-state index in [1.807, 2.05) is 56.0 Å². The molecule has 0 saturated heterocycles. The van der Waals surface area contributed by atoms with Crippen molar-refractivity contribution in [1.29, 1.82) is 0 Å². The molecule has 0 unspecified atom stereocenters. The molecule has 2 aromatic carbocycles. The van der Waals surface area contributed by atoms with E-state index in [2.05, 4.69) is 5.32 Å². The number of benzene rings is 2. The van der Waals surface area contributed by atoms with E-state index in [-0.39, 0.29) is 30.0 Å². The molecule has 3 rings (SSSR count). The average molecular weight is 418 g/mol. The van der Waals surface area contributed by atoms with Crippen LogP contribution in [0.4, 0.5) is 5.69 Å². The highest BCUT2D eigenvalue weighted by molar-refractivity contribution is 5.96. The molecule has 2 amide bonds. The maximum absolute atomic E-state index is 13.0. The monoisotopic (exact) mass is 417 g/mol. The van der Waals surface area contributed by atoms with Crippen LogP contribution in [0.25, 0.3) is 0 Å². The van der Waals surface area contributed by atoms with Crippen molar-refractivity contribution in [2.75, 3.05) is 5.32 Å². The number of hydrogen-bond acceptors (Lipinski definition) is 3. The van der Waals surface area contributed by atoms with Gasteiger partial charge in [-0.1, -0.05) is 36.4 Å². The summed E-state index contributed by atoms with van der Waals surface area (Å²) >= 11 is 0. The molecule has 160 valence electrons. The van der Waals surface area contributed by atoms with Gasteiger partial charge < -0.3 is 14.8 Å². The van der Waals surface area contributed by atoms with Gasteiger partial charge >= 0.3 is 0 Å². The molecule has 0 bridgehead atoms. The van der Waals surface area contributed by atoms with E-state index >= 15 is 0 Å². The minimum atomic E-state index is -0.306. The molecule has 0 fully saturated rings. The smallest absolute Gasteiger partial charge is 0.254 e. The molecule has 6 heteroatoms. The Bertz CT molecular complexity index is 1100. The van der Waals surface area contributed by atoms with Crippen molar-refractivity contribution in [3.05, 3.63) is 100.0 Å². The molecular formula is C25H27N3O3. The van der Waals surface area contributed by atoms with Crippen molar-refractivity contribution in [3.8, 4) is 0 Å². The van der Waals surface area contributed by atoms with E-state index in [1.54, 1.807) is 36.5 Å². The molecule has 1 heterocycles. The van der Waals surface area contributed by atoms with Crippen molar-refractivity contribution in [1.82, 2.24) is 9.47 Å². The number of rotatable bonds is 7. The molecule has 0 atom stereocenters. The highest BCUT2D eigenvalue weighted by Gasteiger charge is 2.19. The number of anilines is 1. The van der Waals surface area contributed by atoms with E-state index in [1.165, 1.54) is 10.6 Å². The van der Waals surface area contributed by atoms with E-state index in [0.717, 1.165) is 11.1 Å². The Morgan fingerprint density at radius 1 is 0.968 bits per heavy atom. The first-order chi connectivity index (χ1) is 14.8. The molecule has 0 spiro atoms. The van der Waals surface area contributed by atoms with Crippen LogP contribution in [0.15, 0.2) is 77.7 Å². The van der Waals surface area contributed by atoms with Crippen molar-refractivity contribution in [2.45, 2.75) is 39.9 Å². The van der Waals surface area contributed by atoms with E-state index < -0.39 is 0 Å². The van der Waals surface area contributed by atoms with E-state index in [0.29, 0.717) is 17.8 Å². The number of hydrogen-bond donors (Lipinski definition) is 1. The minimum Gasteiger partial charge on any atom is -0.332 e. The zero-order valence-electron chi connectivity index (χ0n) is 18.0. The first kappa shape index (κ1) is 22.0. The van der Waals surface area contributed by atoms with Crippen molar-refractivity contribution >= 4 is 17.5 Å². The normalized spacial score (nSPS) is 10.7. The van der Waals surface area contributed by atoms with Crippen molar-refractivity contribution in [3.63, 3.8) is 0 Å². The van der Waals surface area contributed by atoms with Gasteiger partial charge in [0.15, 0.2) is 0 Å². The second-order valence-electron chi connectivity index (χ2n) is 7.81. The van der Waals surface area contributed by atoms with Crippen LogP contribution in [-0.4, -0.2) is 27.3 Å². The fourth-order valence-electron chi connectivity index (χ4n) is 3.26. The summed E-state index contributed by atoms with van der Waals surface area (Å²) in [4.78, 5) is 39.0. The van der Waals surface area contributed by atoms with Crippen LogP contribution >= 0.6 is 0 Å². The fourth-order valence-corrected chi connectivity index (χ4v) is 3.26. The van der Waals surface area contributed by atoms with Gasteiger partial charge in [-0.3, -0.25) is 14.4 Å². The first-order valence-corrected chi connectivity index (χ1v) is 10.3. The van der Waals surface area contributed by atoms with E-state index in [4.69, 9.17) is 0 Å². The summed E-state index contributed by atoms with van der Waals surface area (Å²) in [6.07, 6.45) is 1.65. The van der Waals surface area contributed by atoms with Gasteiger partial charge in [0, 0.05) is 36.1 Å². The molecule has 0 saturated carbocycles.